The van der Waals surface area contributed by atoms with Gasteiger partial charge in [-0.2, -0.15) is 5.26 Å². The van der Waals surface area contributed by atoms with Crippen LogP contribution < -0.4 is 19.9 Å². The highest BCUT2D eigenvalue weighted by molar-refractivity contribution is 6.32. The van der Waals surface area contributed by atoms with Crippen LogP contribution in [0, 0.1) is 11.3 Å². The van der Waals surface area contributed by atoms with Crippen LogP contribution in [-0.2, 0) is 0 Å². The van der Waals surface area contributed by atoms with Crippen LogP contribution in [0.25, 0.3) is 10.8 Å². The molecule has 0 saturated heterocycles. The van der Waals surface area contributed by atoms with E-state index in [1.54, 1.807) is 30.3 Å². The molecule has 0 fully saturated rings. The van der Waals surface area contributed by atoms with Crippen molar-refractivity contribution in [3.05, 3.63) is 112 Å². The van der Waals surface area contributed by atoms with Crippen LogP contribution in [-0.4, -0.2) is 13.1 Å². The fraction of sp³-hybridized carbons (Fsp3) is 0.0714. The zero-order chi connectivity index (χ0) is 24.5. The molecule has 0 amide bonds. The molecule has 1 heterocycles. The molecule has 2 N–H and O–H groups in total. The van der Waals surface area contributed by atoms with Gasteiger partial charge in [0.2, 0.25) is 5.88 Å². The van der Waals surface area contributed by atoms with Gasteiger partial charge in [0.05, 0.1) is 23.6 Å². The molecule has 4 aromatic carbocycles. The molecule has 6 nitrogen and oxygen atoms in total. The monoisotopic (exact) mass is 482 g/mol. The Morgan fingerprint density at radius 2 is 1.83 bits per heavy atom. The van der Waals surface area contributed by atoms with Crippen LogP contribution in [0.4, 0.5) is 0 Å². The highest BCUT2D eigenvalue weighted by Gasteiger charge is 2.32. The Hall–Kier alpha value is -4.47. The van der Waals surface area contributed by atoms with Crippen molar-refractivity contribution in [2.24, 2.45) is 5.73 Å². The molecule has 35 heavy (non-hydrogen) atoms. The van der Waals surface area contributed by atoms with Gasteiger partial charge in [-0.15, -0.1) is 0 Å². The van der Waals surface area contributed by atoms with Gasteiger partial charge in [0.25, 0.3) is 0 Å². The van der Waals surface area contributed by atoms with E-state index in [0.717, 1.165) is 21.9 Å². The average molecular weight is 483 g/mol. The Bertz CT molecular complexity index is 1550. The van der Waals surface area contributed by atoms with Crippen molar-refractivity contribution in [2.75, 3.05) is 7.11 Å². The van der Waals surface area contributed by atoms with Gasteiger partial charge in [0.15, 0.2) is 0 Å². The molecule has 0 bridgehead atoms. The van der Waals surface area contributed by atoms with Gasteiger partial charge in [-0.3, -0.25) is 0 Å². The smallest absolute Gasteiger partial charge is 0.343 e. The number of halogens is 1. The van der Waals surface area contributed by atoms with Gasteiger partial charge in [-0.25, -0.2) is 4.79 Å². The largest absolute Gasteiger partial charge is 0.495 e. The number of hydrogen-bond acceptors (Lipinski definition) is 6. The molecule has 7 heteroatoms. The van der Waals surface area contributed by atoms with Gasteiger partial charge >= 0.3 is 5.97 Å². The molecule has 172 valence electrons. The topological polar surface area (TPSA) is 94.6 Å². The fourth-order valence-electron chi connectivity index (χ4n) is 4.28. The summed E-state index contributed by atoms with van der Waals surface area (Å²) in [6.45, 7) is 0. The Balaban J connectivity index is 1.53. The van der Waals surface area contributed by atoms with Gasteiger partial charge in [0.1, 0.15) is 28.9 Å². The molecular formula is C28H19ClN2O4. The minimum absolute atomic E-state index is 0.0170. The third kappa shape index (κ3) is 4.03. The maximum atomic E-state index is 12.7. The SMILES string of the molecule is COc1ccc(C(=O)Oc2ccc3c(c2)OC(N)=C(C#N)C3c2cccc3ccccc23)cc1Cl. The number of carbonyl (C=O) groups excluding carboxylic acids is 1. The number of allylic oxidation sites excluding steroid dienone is 1. The molecule has 0 spiro atoms. The first-order valence-corrected chi connectivity index (χ1v) is 11.1. The van der Waals surface area contributed by atoms with Gasteiger partial charge in [-0.1, -0.05) is 60.1 Å². The van der Waals surface area contributed by atoms with E-state index in [1.165, 1.54) is 13.2 Å². The summed E-state index contributed by atoms with van der Waals surface area (Å²) in [5.41, 5.74) is 8.45. The highest BCUT2D eigenvalue weighted by Crippen LogP contribution is 2.45. The standard InChI is InChI=1S/C28H19ClN2O4/c1-33-24-12-9-17(13-23(24)29)28(32)34-18-10-11-21-25(14-18)35-27(31)22(15-30)26(21)20-8-4-6-16-5-2-3-7-19(16)20/h2-14,26H,31H2,1H3. The van der Waals surface area contributed by atoms with E-state index in [1.807, 2.05) is 42.5 Å². The van der Waals surface area contributed by atoms with E-state index in [2.05, 4.69) is 6.07 Å². The minimum Gasteiger partial charge on any atom is -0.495 e. The second-order valence-electron chi connectivity index (χ2n) is 7.93. The van der Waals surface area contributed by atoms with E-state index in [-0.39, 0.29) is 17.2 Å². The lowest BCUT2D eigenvalue weighted by Crippen LogP contribution is -2.21. The number of ether oxygens (including phenoxy) is 3. The van der Waals surface area contributed by atoms with Gasteiger partial charge in [-0.05, 0) is 40.6 Å². The fourth-order valence-corrected chi connectivity index (χ4v) is 4.54. The number of nitrogens with two attached hydrogens (primary N) is 1. The molecule has 5 rings (SSSR count). The van der Waals surface area contributed by atoms with Crippen molar-refractivity contribution in [3.8, 4) is 23.3 Å². The van der Waals surface area contributed by atoms with Gasteiger partial charge in [0, 0.05) is 11.6 Å². The molecule has 1 atom stereocenters. The van der Waals surface area contributed by atoms with Crippen LogP contribution in [0.5, 0.6) is 17.2 Å². The number of benzene rings is 4. The third-order valence-corrected chi connectivity index (χ3v) is 6.22. The Morgan fingerprint density at radius 1 is 1.03 bits per heavy atom. The first kappa shape index (κ1) is 22.3. The molecule has 0 saturated carbocycles. The van der Waals surface area contributed by atoms with Crippen molar-refractivity contribution in [1.82, 2.24) is 0 Å². The number of nitriles is 1. The second kappa shape index (κ2) is 9.05. The highest BCUT2D eigenvalue weighted by atomic mass is 35.5. The number of hydrogen-bond donors (Lipinski definition) is 1. The summed E-state index contributed by atoms with van der Waals surface area (Å²) in [6, 6.07) is 25.8. The molecule has 0 radical (unpaired) electrons. The molecular weight excluding hydrogens is 464 g/mol. The van der Waals surface area contributed by atoms with Crippen molar-refractivity contribution < 1.29 is 19.0 Å². The van der Waals surface area contributed by atoms with Crippen molar-refractivity contribution in [1.29, 1.82) is 5.26 Å². The predicted molar refractivity (Wildman–Crippen MR) is 133 cm³/mol. The predicted octanol–water partition coefficient (Wildman–Crippen LogP) is 5.94. The molecule has 1 aliphatic heterocycles. The number of methoxy groups -OCH3 is 1. The molecule has 1 unspecified atom stereocenters. The maximum absolute atomic E-state index is 12.7. The van der Waals surface area contributed by atoms with E-state index < -0.39 is 11.9 Å². The minimum atomic E-state index is -0.586. The first-order valence-electron chi connectivity index (χ1n) is 10.7. The summed E-state index contributed by atoms with van der Waals surface area (Å²) >= 11 is 6.13. The van der Waals surface area contributed by atoms with E-state index in [4.69, 9.17) is 31.5 Å². The number of rotatable bonds is 4. The lowest BCUT2D eigenvalue weighted by Gasteiger charge is -2.27. The Morgan fingerprint density at radius 3 is 2.60 bits per heavy atom. The molecule has 0 aromatic heterocycles. The second-order valence-corrected chi connectivity index (χ2v) is 8.34. The first-order chi connectivity index (χ1) is 17.0. The molecule has 1 aliphatic rings. The quantitative estimate of drug-likeness (QED) is 0.286. The Labute approximate surface area is 206 Å². The summed E-state index contributed by atoms with van der Waals surface area (Å²) in [5.74, 6) is 0.143. The van der Waals surface area contributed by atoms with E-state index in [0.29, 0.717) is 22.1 Å². The van der Waals surface area contributed by atoms with Crippen molar-refractivity contribution in [2.45, 2.75) is 5.92 Å². The maximum Gasteiger partial charge on any atom is 0.343 e. The van der Waals surface area contributed by atoms with Crippen LogP contribution in [0.15, 0.2) is 90.3 Å². The van der Waals surface area contributed by atoms with Crippen molar-refractivity contribution in [3.63, 3.8) is 0 Å². The van der Waals surface area contributed by atoms with Crippen LogP contribution in [0.3, 0.4) is 0 Å². The number of nitrogens with zero attached hydrogens (tertiary/aromatic N) is 1. The summed E-state index contributed by atoms with van der Waals surface area (Å²) in [5, 5.41) is 12.3. The van der Waals surface area contributed by atoms with E-state index in [9.17, 15) is 10.1 Å². The summed E-state index contributed by atoms with van der Waals surface area (Å²) < 4.78 is 16.5. The average Bonchev–Trinajstić information content (AvgIpc) is 2.87. The Kier molecular flexibility index (Phi) is 5.77. The van der Waals surface area contributed by atoms with Crippen LogP contribution in [0.1, 0.15) is 27.4 Å². The lowest BCUT2D eigenvalue weighted by atomic mass is 9.81. The van der Waals surface area contributed by atoms with Crippen LogP contribution in [0.2, 0.25) is 5.02 Å². The lowest BCUT2D eigenvalue weighted by molar-refractivity contribution is 0.0734. The zero-order valence-electron chi connectivity index (χ0n) is 18.6. The third-order valence-electron chi connectivity index (χ3n) is 5.92. The normalized spacial score (nSPS) is 14.6. The van der Waals surface area contributed by atoms with Crippen LogP contribution >= 0.6 is 11.6 Å². The zero-order valence-corrected chi connectivity index (χ0v) is 19.4. The number of fused-ring (bicyclic) bond motifs is 2. The summed E-state index contributed by atoms with van der Waals surface area (Å²) in [6.07, 6.45) is 0. The number of esters is 1. The number of carbonyl (C=O) groups is 1. The van der Waals surface area contributed by atoms with Crippen molar-refractivity contribution >= 4 is 28.3 Å². The molecule has 0 aliphatic carbocycles. The van der Waals surface area contributed by atoms with Gasteiger partial charge < -0.3 is 19.9 Å². The summed E-state index contributed by atoms with van der Waals surface area (Å²) in [7, 11) is 1.50. The van der Waals surface area contributed by atoms with E-state index >= 15 is 0 Å². The molecule has 4 aromatic rings. The summed E-state index contributed by atoms with van der Waals surface area (Å²) in [4.78, 5) is 12.7.